The van der Waals surface area contributed by atoms with Crippen LogP contribution in [0.25, 0.3) is 5.69 Å². The van der Waals surface area contributed by atoms with Crippen molar-refractivity contribution in [2.24, 2.45) is 0 Å². The van der Waals surface area contributed by atoms with Gasteiger partial charge in [-0.15, -0.1) is 0 Å². The van der Waals surface area contributed by atoms with Crippen molar-refractivity contribution in [1.29, 1.82) is 0 Å². The first-order chi connectivity index (χ1) is 18.0. The SMILES string of the molecule is O=C1CCC(N2Cc3c(cc(F)cc3C3CCN(Cc4ccc(-n5cncn5)cc4)CC3)C2=O)C(=O)N1. The highest BCUT2D eigenvalue weighted by Crippen LogP contribution is 2.38. The van der Waals surface area contributed by atoms with Crippen molar-refractivity contribution in [3.8, 4) is 5.69 Å². The predicted octanol–water partition coefficient (Wildman–Crippen LogP) is 2.55. The molecule has 3 aromatic rings. The Balaban J connectivity index is 1.13. The molecule has 0 saturated carbocycles. The maximum absolute atomic E-state index is 14.6. The second kappa shape index (κ2) is 9.51. The molecule has 2 fully saturated rings. The van der Waals surface area contributed by atoms with E-state index >= 15 is 0 Å². The van der Waals surface area contributed by atoms with Crippen LogP contribution >= 0.6 is 0 Å². The third-order valence-corrected chi connectivity index (χ3v) is 7.71. The van der Waals surface area contributed by atoms with Crippen LogP contribution in [0, 0.1) is 5.82 Å². The number of aromatic nitrogens is 3. The van der Waals surface area contributed by atoms with E-state index in [1.54, 1.807) is 17.1 Å². The quantitative estimate of drug-likeness (QED) is 0.539. The second-order valence-electron chi connectivity index (χ2n) is 9.98. The molecule has 0 bridgehead atoms. The zero-order valence-electron chi connectivity index (χ0n) is 20.3. The summed E-state index contributed by atoms with van der Waals surface area (Å²) in [5.41, 5.74) is 4.20. The molecule has 0 spiro atoms. The first-order valence-corrected chi connectivity index (χ1v) is 12.6. The Labute approximate surface area is 213 Å². The molecule has 1 aromatic heterocycles. The first-order valence-electron chi connectivity index (χ1n) is 12.6. The van der Waals surface area contributed by atoms with Crippen LogP contribution in [0.4, 0.5) is 4.39 Å². The molecule has 3 amide bonds. The van der Waals surface area contributed by atoms with E-state index in [0.717, 1.165) is 49.3 Å². The number of hydrogen-bond donors (Lipinski definition) is 1. The van der Waals surface area contributed by atoms with Crippen LogP contribution in [-0.4, -0.2) is 61.4 Å². The zero-order chi connectivity index (χ0) is 25.5. The summed E-state index contributed by atoms with van der Waals surface area (Å²) in [5.74, 6) is -1.40. The van der Waals surface area contributed by atoms with Gasteiger partial charge in [-0.3, -0.25) is 24.6 Å². The van der Waals surface area contributed by atoms with Crippen molar-refractivity contribution in [1.82, 2.24) is 29.9 Å². The molecule has 0 radical (unpaired) electrons. The topological polar surface area (TPSA) is 100 Å². The number of hydrogen-bond acceptors (Lipinski definition) is 6. The van der Waals surface area contributed by atoms with E-state index in [0.29, 0.717) is 12.0 Å². The van der Waals surface area contributed by atoms with Crippen molar-refractivity contribution in [2.45, 2.75) is 50.7 Å². The summed E-state index contributed by atoms with van der Waals surface area (Å²) in [6, 6.07) is 10.4. The van der Waals surface area contributed by atoms with Gasteiger partial charge in [-0.05, 0) is 79.2 Å². The first kappa shape index (κ1) is 23.5. The van der Waals surface area contributed by atoms with Crippen LogP contribution in [0.3, 0.4) is 0 Å². The fourth-order valence-electron chi connectivity index (χ4n) is 5.77. The fourth-order valence-corrected chi connectivity index (χ4v) is 5.77. The number of likely N-dealkylation sites (tertiary alicyclic amines) is 1. The molecule has 4 heterocycles. The monoisotopic (exact) mass is 502 g/mol. The second-order valence-corrected chi connectivity index (χ2v) is 9.98. The highest BCUT2D eigenvalue weighted by atomic mass is 19.1. The molecule has 3 aliphatic rings. The highest BCUT2D eigenvalue weighted by Gasteiger charge is 2.41. The van der Waals surface area contributed by atoms with E-state index in [9.17, 15) is 18.8 Å². The number of benzene rings is 2. The van der Waals surface area contributed by atoms with Gasteiger partial charge in [0.05, 0.1) is 5.69 Å². The molecule has 2 saturated heterocycles. The van der Waals surface area contributed by atoms with E-state index in [1.807, 2.05) is 12.1 Å². The molecule has 6 rings (SSSR count). The number of fused-ring (bicyclic) bond motifs is 1. The van der Waals surface area contributed by atoms with Gasteiger partial charge in [0, 0.05) is 25.1 Å². The third kappa shape index (κ3) is 4.53. The Morgan fingerprint density at radius 1 is 1.03 bits per heavy atom. The number of nitrogens with one attached hydrogen (secondary N) is 1. The van der Waals surface area contributed by atoms with Crippen molar-refractivity contribution in [2.75, 3.05) is 13.1 Å². The predicted molar refractivity (Wildman–Crippen MR) is 131 cm³/mol. The Bertz CT molecular complexity index is 1350. The number of carbonyl (C=O) groups is 3. The molecule has 190 valence electrons. The van der Waals surface area contributed by atoms with E-state index < -0.39 is 17.8 Å². The van der Waals surface area contributed by atoms with Crippen LogP contribution < -0.4 is 5.32 Å². The Hall–Kier alpha value is -3.92. The minimum atomic E-state index is -0.702. The molecule has 37 heavy (non-hydrogen) atoms. The van der Waals surface area contributed by atoms with Gasteiger partial charge >= 0.3 is 0 Å². The van der Waals surface area contributed by atoms with E-state index in [-0.39, 0.29) is 30.7 Å². The Morgan fingerprint density at radius 3 is 2.51 bits per heavy atom. The lowest BCUT2D eigenvalue weighted by Crippen LogP contribution is -2.52. The summed E-state index contributed by atoms with van der Waals surface area (Å²) < 4.78 is 16.4. The summed E-state index contributed by atoms with van der Waals surface area (Å²) in [6.07, 6.45) is 5.38. The summed E-state index contributed by atoms with van der Waals surface area (Å²) >= 11 is 0. The molecular formula is C27H27FN6O3. The van der Waals surface area contributed by atoms with Crippen molar-refractivity contribution in [3.63, 3.8) is 0 Å². The molecule has 1 atom stereocenters. The molecule has 3 aliphatic heterocycles. The number of nitrogens with zero attached hydrogens (tertiary/aromatic N) is 5. The van der Waals surface area contributed by atoms with Crippen molar-refractivity contribution in [3.05, 3.63) is 77.1 Å². The molecule has 0 aliphatic carbocycles. The summed E-state index contributed by atoms with van der Waals surface area (Å²) in [6.45, 7) is 2.83. The van der Waals surface area contributed by atoms with E-state index in [4.69, 9.17) is 0 Å². The number of rotatable bonds is 5. The number of amides is 3. The zero-order valence-corrected chi connectivity index (χ0v) is 20.3. The van der Waals surface area contributed by atoms with Gasteiger partial charge in [-0.25, -0.2) is 14.1 Å². The Kier molecular flexibility index (Phi) is 6.03. The van der Waals surface area contributed by atoms with Gasteiger partial charge in [-0.2, -0.15) is 5.10 Å². The van der Waals surface area contributed by atoms with Crippen LogP contribution in [0.2, 0.25) is 0 Å². The molecule has 1 unspecified atom stereocenters. The largest absolute Gasteiger partial charge is 0.322 e. The third-order valence-electron chi connectivity index (χ3n) is 7.71. The lowest BCUT2D eigenvalue weighted by molar-refractivity contribution is -0.136. The summed E-state index contributed by atoms with van der Waals surface area (Å²) in [7, 11) is 0. The fraction of sp³-hybridized carbons (Fsp3) is 0.370. The summed E-state index contributed by atoms with van der Waals surface area (Å²) in [4.78, 5) is 44.9. The number of halogens is 1. The number of piperidine rings is 2. The van der Waals surface area contributed by atoms with Crippen LogP contribution in [-0.2, 0) is 22.7 Å². The van der Waals surface area contributed by atoms with Gasteiger partial charge in [0.25, 0.3) is 5.91 Å². The van der Waals surface area contributed by atoms with Crippen LogP contribution in [0.5, 0.6) is 0 Å². The summed E-state index contributed by atoms with van der Waals surface area (Å²) in [5, 5.41) is 6.47. The van der Waals surface area contributed by atoms with Gasteiger partial charge < -0.3 is 4.90 Å². The lowest BCUT2D eigenvalue weighted by Gasteiger charge is -2.33. The lowest BCUT2D eigenvalue weighted by atomic mass is 9.85. The Morgan fingerprint density at radius 2 is 1.81 bits per heavy atom. The van der Waals surface area contributed by atoms with Crippen LogP contribution in [0.1, 0.15) is 58.6 Å². The van der Waals surface area contributed by atoms with E-state index in [1.165, 1.54) is 22.9 Å². The normalized spacial score (nSPS) is 20.8. The smallest absolute Gasteiger partial charge is 0.255 e. The minimum absolute atomic E-state index is 0.143. The molecule has 1 N–H and O–H groups in total. The van der Waals surface area contributed by atoms with Crippen molar-refractivity contribution < 1.29 is 18.8 Å². The van der Waals surface area contributed by atoms with Crippen LogP contribution in [0.15, 0.2) is 49.1 Å². The molecule has 2 aromatic carbocycles. The average Bonchev–Trinajstić information content (AvgIpc) is 3.54. The minimum Gasteiger partial charge on any atom is -0.322 e. The average molecular weight is 503 g/mol. The molecule has 9 nitrogen and oxygen atoms in total. The van der Waals surface area contributed by atoms with E-state index in [2.05, 4.69) is 32.4 Å². The van der Waals surface area contributed by atoms with Gasteiger partial charge in [0.1, 0.15) is 24.5 Å². The van der Waals surface area contributed by atoms with Gasteiger partial charge in [-0.1, -0.05) is 12.1 Å². The molecule has 10 heteroatoms. The van der Waals surface area contributed by atoms with Gasteiger partial charge in [0.15, 0.2) is 0 Å². The maximum atomic E-state index is 14.6. The maximum Gasteiger partial charge on any atom is 0.255 e. The number of imide groups is 1. The van der Waals surface area contributed by atoms with Crippen molar-refractivity contribution >= 4 is 17.7 Å². The number of carbonyl (C=O) groups excluding carboxylic acids is 3. The molecular weight excluding hydrogens is 475 g/mol. The van der Waals surface area contributed by atoms with Gasteiger partial charge in [0.2, 0.25) is 11.8 Å². The highest BCUT2D eigenvalue weighted by molar-refractivity contribution is 6.05. The standard InChI is InChI=1S/C27H27FN6O3/c28-19-11-21(23-14-33(27(37)22(23)12-19)24-5-6-25(35)31-26(24)36)18-7-9-32(10-8-18)13-17-1-3-20(4-2-17)34-16-29-15-30-34/h1-4,11-12,15-16,18,24H,5-10,13-14H2,(H,31,35,36).